The van der Waals surface area contributed by atoms with Gasteiger partial charge in [-0.3, -0.25) is 0 Å². The molecule has 2 rings (SSSR count). The van der Waals surface area contributed by atoms with Crippen molar-refractivity contribution in [1.29, 1.82) is 0 Å². The van der Waals surface area contributed by atoms with Gasteiger partial charge < -0.3 is 5.73 Å². The highest BCUT2D eigenvalue weighted by molar-refractivity contribution is 5.38. The van der Waals surface area contributed by atoms with Crippen LogP contribution in [0.4, 0.5) is 0 Å². The fraction of sp³-hybridized carbons (Fsp3) is 0.474. The summed E-state index contributed by atoms with van der Waals surface area (Å²) in [6.07, 6.45) is 21.4. The maximum Gasteiger partial charge on any atom is 0.0348 e. The van der Waals surface area contributed by atoms with Gasteiger partial charge in [-0.1, -0.05) is 61.1 Å². The van der Waals surface area contributed by atoms with Crippen LogP contribution in [-0.2, 0) is 0 Å². The molecule has 20 heavy (non-hydrogen) atoms. The molecule has 3 unspecified atom stereocenters. The highest BCUT2D eigenvalue weighted by Gasteiger charge is 2.23. The van der Waals surface area contributed by atoms with Gasteiger partial charge in [-0.2, -0.15) is 0 Å². The Balaban J connectivity index is 1.99. The second kappa shape index (κ2) is 6.41. The second-order valence-corrected chi connectivity index (χ2v) is 6.34. The van der Waals surface area contributed by atoms with E-state index in [9.17, 15) is 0 Å². The number of nitrogens with two attached hydrogens (primary N) is 1. The third-order valence-corrected chi connectivity index (χ3v) is 4.22. The molecule has 0 amide bonds. The lowest BCUT2D eigenvalue weighted by Gasteiger charge is -2.29. The minimum Gasteiger partial charge on any atom is -0.322 e. The molecule has 3 atom stereocenters. The monoisotopic (exact) mass is 269 g/mol. The molecule has 0 spiro atoms. The Kier molecular flexibility index (Phi) is 4.82. The van der Waals surface area contributed by atoms with E-state index in [2.05, 4.69) is 69.4 Å². The van der Waals surface area contributed by atoms with Crippen LogP contribution in [0.25, 0.3) is 0 Å². The van der Waals surface area contributed by atoms with Crippen molar-refractivity contribution in [3.05, 3.63) is 59.8 Å². The van der Waals surface area contributed by atoms with Gasteiger partial charge in [0.1, 0.15) is 0 Å². The van der Waals surface area contributed by atoms with Crippen LogP contribution >= 0.6 is 0 Å². The lowest BCUT2D eigenvalue weighted by Crippen LogP contribution is -2.34. The zero-order valence-corrected chi connectivity index (χ0v) is 13.0. The third-order valence-electron chi connectivity index (χ3n) is 4.22. The first-order chi connectivity index (χ1) is 9.52. The SMILES string of the molecule is C/C=C/CCC1=CC(C)C(C2=CCC(C)(N)C=C2)C=C1. The summed E-state index contributed by atoms with van der Waals surface area (Å²) in [5.41, 5.74) is 8.84. The van der Waals surface area contributed by atoms with Gasteiger partial charge in [-0.25, -0.2) is 0 Å². The molecule has 0 aromatic rings. The van der Waals surface area contributed by atoms with E-state index < -0.39 is 0 Å². The van der Waals surface area contributed by atoms with Crippen molar-refractivity contribution in [1.82, 2.24) is 0 Å². The molecule has 1 nitrogen and oxygen atoms in total. The molecule has 0 saturated heterocycles. The number of allylic oxidation sites excluding steroid dienone is 8. The zero-order chi connectivity index (χ0) is 14.6. The highest BCUT2D eigenvalue weighted by Crippen LogP contribution is 2.33. The maximum absolute atomic E-state index is 6.13. The summed E-state index contributed by atoms with van der Waals surface area (Å²) >= 11 is 0. The zero-order valence-electron chi connectivity index (χ0n) is 13.0. The van der Waals surface area contributed by atoms with Crippen LogP contribution in [0, 0.1) is 11.8 Å². The summed E-state index contributed by atoms with van der Waals surface area (Å²) in [4.78, 5) is 0. The molecule has 1 heteroatoms. The van der Waals surface area contributed by atoms with Crippen molar-refractivity contribution in [3.63, 3.8) is 0 Å². The third kappa shape index (κ3) is 3.83. The van der Waals surface area contributed by atoms with E-state index in [0.29, 0.717) is 11.8 Å². The molecule has 2 aliphatic carbocycles. The standard InChI is InChI=1S/C19H27N/c1-4-5-6-7-16-8-9-18(15(2)14-16)17-10-12-19(3,20)13-11-17/h4-5,8-12,14-15,18H,6-7,13,20H2,1-3H3/b5-4+. The summed E-state index contributed by atoms with van der Waals surface area (Å²) in [6.45, 7) is 6.47. The lowest BCUT2D eigenvalue weighted by atomic mass is 9.78. The first kappa shape index (κ1) is 15.1. The van der Waals surface area contributed by atoms with E-state index in [1.807, 2.05) is 0 Å². The Morgan fingerprint density at radius 3 is 2.80 bits per heavy atom. The molecule has 0 aromatic carbocycles. The molecular weight excluding hydrogens is 242 g/mol. The van der Waals surface area contributed by atoms with Gasteiger partial charge in [0.2, 0.25) is 0 Å². The van der Waals surface area contributed by atoms with E-state index in [-0.39, 0.29) is 5.54 Å². The van der Waals surface area contributed by atoms with Gasteiger partial charge >= 0.3 is 0 Å². The Morgan fingerprint density at radius 1 is 1.40 bits per heavy atom. The van der Waals surface area contributed by atoms with Crippen LogP contribution in [0.5, 0.6) is 0 Å². The number of hydrogen-bond acceptors (Lipinski definition) is 1. The summed E-state index contributed by atoms with van der Waals surface area (Å²) in [5, 5.41) is 0. The minimum absolute atomic E-state index is 0.168. The predicted octanol–water partition coefficient (Wildman–Crippen LogP) is 4.69. The molecule has 0 fully saturated rings. The van der Waals surface area contributed by atoms with E-state index in [1.165, 1.54) is 11.1 Å². The average Bonchev–Trinajstić information content (AvgIpc) is 2.40. The summed E-state index contributed by atoms with van der Waals surface area (Å²) in [7, 11) is 0. The van der Waals surface area contributed by atoms with Crippen LogP contribution in [-0.4, -0.2) is 5.54 Å². The van der Waals surface area contributed by atoms with Crippen LogP contribution in [0.3, 0.4) is 0 Å². The Labute approximate surface area is 123 Å². The van der Waals surface area contributed by atoms with Crippen molar-refractivity contribution in [2.24, 2.45) is 17.6 Å². The van der Waals surface area contributed by atoms with Crippen LogP contribution in [0.1, 0.15) is 40.0 Å². The molecular formula is C19H27N. The first-order valence-corrected chi connectivity index (χ1v) is 7.70. The van der Waals surface area contributed by atoms with E-state index in [1.54, 1.807) is 0 Å². The smallest absolute Gasteiger partial charge is 0.0348 e. The highest BCUT2D eigenvalue weighted by atomic mass is 14.7. The molecule has 0 aromatic heterocycles. The Bertz CT molecular complexity index is 486. The number of rotatable bonds is 4. The fourth-order valence-electron chi connectivity index (χ4n) is 2.91. The number of hydrogen-bond donors (Lipinski definition) is 1. The van der Waals surface area contributed by atoms with Crippen LogP contribution in [0.2, 0.25) is 0 Å². The normalized spacial score (nSPS) is 33.4. The Hall–Kier alpha value is -1.34. The fourth-order valence-corrected chi connectivity index (χ4v) is 2.91. The van der Waals surface area contributed by atoms with Crippen molar-refractivity contribution < 1.29 is 0 Å². The molecule has 0 heterocycles. The molecule has 0 bridgehead atoms. The molecule has 2 N–H and O–H groups in total. The molecule has 2 aliphatic rings. The van der Waals surface area contributed by atoms with Crippen LogP contribution in [0.15, 0.2) is 59.8 Å². The second-order valence-electron chi connectivity index (χ2n) is 6.34. The van der Waals surface area contributed by atoms with E-state index >= 15 is 0 Å². The molecule has 0 aliphatic heterocycles. The quantitative estimate of drug-likeness (QED) is 0.736. The molecule has 0 saturated carbocycles. The van der Waals surface area contributed by atoms with Crippen molar-refractivity contribution >= 4 is 0 Å². The van der Waals surface area contributed by atoms with Gasteiger partial charge in [0.15, 0.2) is 0 Å². The van der Waals surface area contributed by atoms with Gasteiger partial charge in [0.05, 0.1) is 0 Å². The topological polar surface area (TPSA) is 26.0 Å². The van der Waals surface area contributed by atoms with Gasteiger partial charge in [0, 0.05) is 11.5 Å². The van der Waals surface area contributed by atoms with E-state index in [4.69, 9.17) is 5.73 Å². The molecule has 108 valence electrons. The van der Waals surface area contributed by atoms with Gasteiger partial charge in [0.25, 0.3) is 0 Å². The minimum atomic E-state index is -0.168. The van der Waals surface area contributed by atoms with Crippen molar-refractivity contribution in [2.75, 3.05) is 0 Å². The summed E-state index contributed by atoms with van der Waals surface area (Å²) in [5.74, 6) is 1.08. The van der Waals surface area contributed by atoms with E-state index in [0.717, 1.165) is 19.3 Å². The van der Waals surface area contributed by atoms with Gasteiger partial charge in [-0.05, 0) is 44.6 Å². The summed E-state index contributed by atoms with van der Waals surface area (Å²) < 4.78 is 0. The van der Waals surface area contributed by atoms with Gasteiger partial charge in [-0.15, -0.1) is 0 Å². The maximum atomic E-state index is 6.13. The predicted molar refractivity (Wildman–Crippen MR) is 88.4 cm³/mol. The molecule has 0 radical (unpaired) electrons. The lowest BCUT2D eigenvalue weighted by molar-refractivity contribution is 0.546. The Morgan fingerprint density at radius 2 is 2.20 bits per heavy atom. The average molecular weight is 269 g/mol. The van der Waals surface area contributed by atoms with Crippen molar-refractivity contribution in [2.45, 2.75) is 45.6 Å². The first-order valence-electron chi connectivity index (χ1n) is 7.70. The summed E-state index contributed by atoms with van der Waals surface area (Å²) in [6, 6.07) is 0. The van der Waals surface area contributed by atoms with Crippen LogP contribution < -0.4 is 5.73 Å². The largest absolute Gasteiger partial charge is 0.322 e. The van der Waals surface area contributed by atoms with Crippen molar-refractivity contribution in [3.8, 4) is 0 Å².